The molecule has 0 heterocycles. The van der Waals surface area contributed by atoms with Gasteiger partial charge in [-0.1, -0.05) is 0 Å². The van der Waals surface area contributed by atoms with Crippen molar-refractivity contribution in [1.82, 2.24) is 0 Å². The number of amides is 1. The third-order valence-corrected chi connectivity index (χ3v) is 2.92. The van der Waals surface area contributed by atoms with Crippen molar-refractivity contribution in [2.45, 2.75) is 6.92 Å². The molecule has 0 radical (unpaired) electrons. The third-order valence-electron chi connectivity index (χ3n) is 2.92. The Balaban J connectivity index is 2.36. The summed E-state index contributed by atoms with van der Waals surface area (Å²) in [5.41, 5.74) is 13.3. The Hall–Kier alpha value is -2.56. The van der Waals surface area contributed by atoms with Crippen LogP contribution in [0.5, 0.6) is 0 Å². The van der Waals surface area contributed by atoms with Crippen molar-refractivity contribution in [2.24, 2.45) is 0 Å². The standard InChI is InChI=1S/C15H16FN3O/c1-2-19(14-5-3-11(16)4-6-14)15(20)10-7-12(17)9-13(18)8-10/h3-9H,2,17-18H2,1H3. The van der Waals surface area contributed by atoms with Crippen molar-refractivity contribution in [3.05, 3.63) is 53.8 Å². The second-order valence-electron chi connectivity index (χ2n) is 4.41. The molecule has 0 bridgehead atoms. The van der Waals surface area contributed by atoms with Crippen LogP contribution in [0.1, 0.15) is 17.3 Å². The van der Waals surface area contributed by atoms with Gasteiger partial charge in [0.2, 0.25) is 0 Å². The van der Waals surface area contributed by atoms with Gasteiger partial charge in [0.1, 0.15) is 5.82 Å². The molecule has 2 rings (SSSR count). The number of rotatable bonds is 3. The highest BCUT2D eigenvalue weighted by Crippen LogP contribution is 2.20. The van der Waals surface area contributed by atoms with E-state index in [1.54, 1.807) is 30.3 Å². The Bertz CT molecular complexity index is 605. The van der Waals surface area contributed by atoms with Crippen molar-refractivity contribution in [3.8, 4) is 0 Å². The van der Waals surface area contributed by atoms with Crippen LogP contribution in [0.15, 0.2) is 42.5 Å². The van der Waals surface area contributed by atoms with Crippen LogP contribution in [0, 0.1) is 5.82 Å². The fourth-order valence-corrected chi connectivity index (χ4v) is 2.02. The number of nitrogen functional groups attached to an aromatic ring is 2. The van der Waals surface area contributed by atoms with Crippen LogP contribution in [0.2, 0.25) is 0 Å². The van der Waals surface area contributed by atoms with Gasteiger partial charge in [-0.2, -0.15) is 0 Å². The van der Waals surface area contributed by atoms with Crippen molar-refractivity contribution >= 4 is 23.0 Å². The summed E-state index contributed by atoms with van der Waals surface area (Å²) >= 11 is 0. The lowest BCUT2D eigenvalue weighted by Gasteiger charge is -2.21. The molecule has 0 saturated carbocycles. The Morgan fingerprint density at radius 1 is 1.10 bits per heavy atom. The van der Waals surface area contributed by atoms with Crippen LogP contribution in [-0.2, 0) is 0 Å². The molecule has 0 aliphatic heterocycles. The van der Waals surface area contributed by atoms with Crippen molar-refractivity contribution in [2.75, 3.05) is 22.9 Å². The van der Waals surface area contributed by atoms with Gasteiger partial charge in [0, 0.05) is 29.2 Å². The summed E-state index contributed by atoms with van der Waals surface area (Å²) in [5, 5.41) is 0. The molecule has 0 fully saturated rings. The number of anilines is 3. The lowest BCUT2D eigenvalue weighted by atomic mass is 10.1. The first kappa shape index (κ1) is 13.9. The molecule has 2 aromatic rings. The Morgan fingerprint density at radius 3 is 2.15 bits per heavy atom. The van der Waals surface area contributed by atoms with Gasteiger partial charge in [0.25, 0.3) is 5.91 Å². The van der Waals surface area contributed by atoms with E-state index in [0.29, 0.717) is 29.2 Å². The maximum atomic E-state index is 12.9. The van der Waals surface area contributed by atoms with Gasteiger partial charge < -0.3 is 16.4 Å². The van der Waals surface area contributed by atoms with Crippen LogP contribution in [0.25, 0.3) is 0 Å². The summed E-state index contributed by atoms with van der Waals surface area (Å²) in [5.74, 6) is -0.566. The molecule has 0 aliphatic carbocycles. The Kier molecular flexibility index (Phi) is 3.89. The number of nitrogens with two attached hydrogens (primary N) is 2. The highest BCUT2D eigenvalue weighted by molar-refractivity contribution is 6.07. The zero-order valence-corrected chi connectivity index (χ0v) is 11.1. The van der Waals surface area contributed by atoms with E-state index in [1.165, 1.54) is 17.0 Å². The van der Waals surface area contributed by atoms with E-state index in [0.717, 1.165) is 0 Å². The van der Waals surface area contributed by atoms with Gasteiger partial charge in [-0.05, 0) is 49.4 Å². The van der Waals surface area contributed by atoms with Crippen LogP contribution < -0.4 is 16.4 Å². The fraction of sp³-hybridized carbons (Fsp3) is 0.133. The molecule has 4 N–H and O–H groups in total. The van der Waals surface area contributed by atoms with E-state index >= 15 is 0 Å². The maximum absolute atomic E-state index is 12.9. The number of benzene rings is 2. The van der Waals surface area contributed by atoms with Crippen molar-refractivity contribution < 1.29 is 9.18 Å². The average molecular weight is 273 g/mol. The van der Waals surface area contributed by atoms with Gasteiger partial charge in [-0.15, -0.1) is 0 Å². The van der Waals surface area contributed by atoms with Crippen molar-refractivity contribution in [3.63, 3.8) is 0 Å². The van der Waals surface area contributed by atoms with E-state index in [4.69, 9.17) is 11.5 Å². The number of carbonyl (C=O) groups is 1. The second kappa shape index (κ2) is 5.61. The summed E-state index contributed by atoms with van der Waals surface area (Å²) in [4.78, 5) is 14.0. The first-order chi connectivity index (χ1) is 9.51. The Morgan fingerprint density at radius 2 is 1.65 bits per heavy atom. The third kappa shape index (κ3) is 2.88. The lowest BCUT2D eigenvalue weighted by Crippen LogP contribution is -2.30. The van der Waals surface area contributed by atoms with Gasteiger partial charge in [0.15, 0.2) is 0 Å². The largest absolute Gasteiger partial charge is 0.399 e. The van der Waals surface area contributed by atoms with Crippen LogP contribution in [0.4, 0.5) is 21.5 Å². The molecule has 0 aromatic heterocycles. The average Bonchev–Trinajstić information content (AvgIpc) is 2.40. The van der Waals surface area contributed by atoms with Crippen molar-refractivity contribution in [1.29, 1.82) is 0 Å². The predicted octanol–water partition coefficient (Wildman–Crippen LogP) is 2.66. The van der Waals surface area contributed by atoms with Gasteiger partial charge in [0.05, 0.1) is 0 Å². The number of halogens is 1. The molecule has 2 aromatic carbocycles. The summed E-state index contributed by atoms with van der Waals surface area (Å²) in [6.07, 6.45) is 0. The first-order valence-electron chi connectivity index (χ1n) is 6.24. The molecule has 0 saturated heterocycles. The minimum atomic E-state index is -0.342. The van der Waals surface area contributed by atoms with E-state index in [1.807, 2.05) is 6.92 Å². The summed E-state index contributed by atoms with van der Waals surface area (Å²) in [7, 11) is 0. The quantitative estimate of drug-likeness (QED) is 0.844. The predicted molar refractivity (Wildman–Crippen MR) is 79.0 cm³/mol. The molecule has 5 heteroatoms. The van der Waals surface area contributed by atoms with Crippen LogP contribution >= 0.6 is 0 Å². The first-order valence-corrected chi connectivity index (χ1v) is 6.24. The summed E-state index contributed by atoms with van der Waals surface area (Å²) in [6, 6.07) is 10.5. The molecule has 104 valence electrons. The second-order valence-corrected chi connectivity index (χ2v) is 4.41. The molecule has 4 nitrogen and oxygen atoms in total. The number of nitrogens with zero attached hydrogens (tertiary/aromatic N) is 1. The van der Waals surface area contributed by atoms with E-state index in [9.17, 15) is 9.18 Å². The molecule has 0 atom stereocenters. The summed E-state index contributed by atoms with van der Waals surface area (Å²) < 4.78 is 12.9. The highest BCUT2D eigenvalue weighted by Gasteiger charge is 2.16. The Labute approximate surface area is 116 Å². The molecular formula is C15H16FN3O. The van der Waals surface area contributed by atoms with Gasteiger partial charge >= 0.3 is 0 Å². The SMILES string of the molecule is CCN(C(=O)c1cc(N)cc(N)c1)c1ccc(F)cc1. The molecule has 0 spiro atoms. The minimum Gasteiger partial charge on any atom is -0.399 e. The molecule has 0 unspecified atom stereocenters. The van der Waals surface area contributed by atoms with E-state index in [-0.39, 0.29) is 11.7 Å². The monoisotopic (exact) mass is 273 g/mol. The molecule has 1 amide bonds. The molecular weight excluding hydrogens is 257 g/mol. The zero-order chi connectivity index (χ0) is 14.7. The minimum absolute atomic E-state index is 0.224. The van der Waals surface area contributed by atoms with Crippen LogP contribution in [-0.4, -0.2) is 12.5 Å². The lowest BCUT2D eigenvalue weighted by molar-refractivity contribution is 0.0988. The normalized spacial score (nSPS) is 10.3. The van der Waals surface area contributed by atoms with E-state index < -0.39 is 0 Å². The van der Waals surface area contributed by atoms with Crippen LogP contribution in [0.3, 0.4) is 0 Å². The van der Waals surface area contributed by atoms with Gasteiger partial charge in [-0.3, -0.25) is 4.79 Å². The number of carbonyl (C=O) groups excluding carboxylic acids is 1. The number of hydrogen-bond acceptors (Lipinski definition) is 3. The van der Waals surface area contributed by atoms with E-state index in [2.05, 4.69) is 0 Å². The zero-order valence-electron chi connectivity index (χ0n) is 11.1. The highest BCUT2D eigenvalue weighted by atomic mass is 19.1. The maximum Gasteiger partial charge on any atom is 0.258 e. The molecule has 0 aliphatic rings. The topological polar surface area (TPSA) is 72.3 Å². The number of hydrogen-bond donors (Lipinski definition) is 2. The molecule has 20 heavy (non-hydrogen) atoms. The smallest absolute Gasteiger partial charge is 0.258 e. The van der Waals surface area contributed by atoms with Gasteiger partial charge in [-0.25, -0.2) is 4.39 Å². The summed E-state index contributed by atoms with van der Waals surface area (Å²) in [6.45, 7) is 2.30. The fourth-order valence-electron chi connectivity index (χ4n) is 2.02.